The number of benzene rings is 7. The lowest BCUT2D eigenvalue weighted by Crippen LogP contribution is -2.29. The third-order valence-electron chi connectivity index (χ3n) is 12.5. The maximum atomic E-state index is 2.49. The van der Waals surface area contributed by atoms with E-state index in [1.165, 1.54) is 89.1 Å². The van der Waals surface area contributed by atoms with Crippen molar-refractivity contribution in [3.05, 3.63) is 240 Å². The Hall–Kier alpha value is -6.90. The molecule has 57 heavy (non-hydrogen) atoms. The Kier molecular flexibility index (Phi) is 8.03. The predicted molar refractivity (Wildman–Crippen MR) is 240 cm³/mol. The number of para-hydroxylation sites is 2. The average molecular weight is 731 g/mol. The molecule has 2 heteroatoms. The zero-order chi connectivity index (χ0) is 37.8. The fourth-order valence-corrected chi connectivity index (χ4v) is 9.94. The van der Waals surface area contributed by atoms with Gasteiger partial charge in [0, 0.05) is 33.5 Å². The topological polar surface area (TPSA) is 8.17 Å². The highest BCUT2D eigenvalue weighted by Crippen LogP contribution is 2.57. The van der Waals surface area contributed by atoms with Crippen molar-refractivity contribution < 1.29 is 0 Å². The smallest absolute Gasteiger partial charge is 0.0714 e. The second-order valence-corrected chi connectivity index (χ2v) is 15.5. The molecule has 1 aromatic heterocycles. The van der Waals surface area contributed by atoms with Gasteiger partial charge in [-0.15, -0.1) is 0 Å². The Bertz CT molecular complexity index is 2900. The van der Waals surface area contributed by atoms with Crippen LogP contribution in [-0.4, -0.2) is 4.57 Å². The molecule has 7 aromatic carbocycles. The van der Waals surface area contributed by atoms with E-state index in [0.717, 1.165) is 25.7 Å². The van der Waals surface area contributed by atoms with E-state index in [-0.39, 0.29) is 0 Å². The maximum absolute atomic E-state index is 2.49. The number of anilines is 2. The molecule has 0 radical (unpaired) electrons. The van der Waals surface area contributed by atoms with Crippen LogP contribution >= 0.6 is 0 Å². The molecule has 0 atom stereocenters. The normalized spacial score (nSPS) is 15.5. The molecule has 0 unspecified atom stereocenters. The molecule has 1 heterocycles. The fourth-order valence-electron chi connectivity index (χ4n) is 9.94. The van der Waals surface area contributed by atoms with E-state index in [1.54, 1.807) is 0 Å². The van der Waals surface area contributed by atoms with Gasteiger partial charge in [0.1, 0.15) is 0 Å². The number of aromatic nitrogens is 1. The van der Waals surface area contributed by atoms with Crippen molar-refractivity contribution >= 4 is 44.5 Å². The maximum Gasteiger partial charge on any atom is 0.0714 e. The summed E-state index contributed by atoms with van der Waals surface area (Å²) >= 11 is 0. The van der Waals surface area contributed by atoms with Gasteiger partial charge in [-0.1, -0.05) is 152 Å². The standard InChI is InChI=1S/C55H42N2/c1-5-17-41(18-6-1)55(42-19-7-2-8-20-42)51-27-15-13-25-47(51)48-35-34-46(38-52(48)55)56(43-21-9-3-10-22-43)45-32-29-39(30-33-45)40-31-36-54-50(37-40)49-26-14-16-28-53(49)57(54)44-23-11-4-12-24-44/h1-11,13-23,25-29,31-32,34-38H,12,24,30,33H2. The van der Waals surface area contributed by atoms with Crippen LogP contribution < -0.4 is 4.90 Å². The van der Waals surface area contributed by atoms with Crippen molar-refractivity contribution in [2.45, 2.75) is 31.1 Å². The predicted octanol–water partition coefficient (Wildman–Crippen LogP) is 14.2. The van der Waals surface area contributed by atoms with Gasteiger partial charge in [0.15, 0.2) is 0 Å². The van der Waals surface area contributed by atoms with E-state index in [9.17, 15) is 0 Å². The minimum absolute atomic E-state index is 0.452. The summed E-state index contributed by atoms with van der Waals surface area (Å²) in [5.74, 6) is 0. The third-order valence-corrected chi connectivity index (χ3v) is 12.5. The number of allylic oxidation sites excluding steroid dienone is 8. The Morgan fingerprint density at radius 2 is 1.16 bits per heavy atom. The van der Waals surface area contributed by atoms with Crippen LogP contribution in [0.3, 0.4) is 0 Å². The van der Waals surface area contributed by atoms with Gasteiger partial charge in [-0.05, 0) is 125 Å². The second-order valence-electron chi connectivity index (χ2n) is 15.5. The monoisotopic (exact) mass is 730 g/mol. The summed E-state index contributed by atoms with van der Waals surface area (Å²) in [4.78, 5) is 2.49. The first-order valence-corrected chi connectivity index (χ1v) is 20.3. The van der Waals surface area contributed by atoms with Gasteiger partial charge in [0.05, 0.1) is 16.4 Å². The molecule has 3 aliphatic carbocycles. The quantitative estimate of drug-likeness (QED) is 0.158. The van der Waals surface area contributed by atoms with Gasteiger partial charge in [0.2, 0.25) is 0 Å². The van der Waals surface area contributed by atoms with E-state index < -0.39 is 5.41 Å². The third kappa shape index (κ3) is 5.32. The molecule has 2 nitrogen and oxygen atoms in total. The van der Waals surface area contributed by atoms with E-state index in [4.69, 9.17) is 0 Å². The van der Waals surface area contributed by atoms with Gasteiger partial charge in [-0.3, -0.25) is 0 Å². The fraction of sp³-hybridized carbons (Fsp3) is 0.0909. The van der Waals surface area contributed by atoms with Crippen molar-refractivity contribution in [3.63, 3.8) is 0 Å². The Morgan fingerprint density at radius 1 is 0.474 bits per heavy atom. The average Bonchev–Trinajstić information content (AvgIpc) is 3.78. The first-order chi connectivity index (χ1) is 28.3. The first-order valence-electron chi connectivity index (χ1n) is 20.3. The number of fused-ring (bicyclic) bond motifs is 6. The molecule has 3 aliphatic rings. The van der Waals surface area contributed by atoms with E-state index >= 15 is 0 Å². The lowest BCUT2D eigenvalue weighted by molar-refractivity contribution is 0.768. The number of rotatable bonds is 7. The first kappa shape index (κ1) is 33.4. The molecule has 8 aromatic rings. The number of nitrogens with zero attached hydrogens (tertiary/aromatic N) is 2. The minimum Gasteiger partial charge on any atom is -0.314 e. The molecule has 0 aliphatic heterocycles. The van der Waals surface area contributed by atoms with Gasteiger partial charge in [0.25, 0.3) is 0 Å². The van der Waals surface area contributed by atoms with Crippen molar-refractivity contribution in [2.75, 3.05) is 4.90 Å². The summed E-state index contributed by atoms with van der Waals surface area (Å²) in [6, 6.07) is 65.2. The van der Waals surface area contributed by atoms with Crippen molar-refractivity contribution in [2.24, 2.45) is 0 Å². The lowest BCUT2D eigenvalue weighted by Gasteiger charge is -2.35. The Labute approximate surface area is 334 Å². The molecule has 0 amide bonds. The van der Waals surface area contributed by atoms with Crippen molar-refractivity contribution in [1.82, 2.24) is 4.57 Å². The summed E-state index contributed by atoms with van der Waals surface area (Å²) < 4.78 is 2.47. The molecule has 0 spiro atoms. The molecule has 0 bridgehead atoms. The van der Waals surface area contributed by atoms with Crippen LogP contribution in [0.15, 0.2) is 212 Å². The summed E-state index contributed by atoms with van der Waals surface area (Å²) in [7, 11) is 0. The van der Waals surface area contributed by atoms with E-state index in [0.29, 0.717) is 0 Å². The van der Waals surface area contributed by atoms with Crippen molar-refractivity contribution in [3.8, 4) is 11.1 Å². The van der Waals surface area contributed by atoms with Crippen LogP contribution in [0.2, 0.25) is 0 Å². The second kappa shape index (κ2) is 13.7. The SMILES string of the molecule is C1=CCCC(n2c3ccccc3c3cc(C4=CC=C(N(c5ccccc5)c5ccc6c(c5)C(c5ccccc5)(c5ccccc5)c5ccccc5-6)CC4)ccc32)=C1. The molecule has 0 saturated carbocycles. The highest BCUT2D eigenvalue weighted by molar-refractivity contribution is 6.11. The van der Waals surface area contributed by atoms with Gasteiger partial charge >= 0.3 is 0 Å². The van der Waals surface area contributed by atoms with Crippen LogP contribution in [0.25, 0.3) is 44.2 Å². The highest BCUT2D eigenvalue weighted by Gasteiger charge is 2.46. The number of hydrogen-bond acceptors (Lipinski definition) is 1. The van der Waals surface area contributed by atoms with Crippen LogP contribution in [0, 0.1) is 0 Å². The van der Waals surface area contributed by atoms with Crippen molar-refractivity contribution in [1.29, 1.82) is 0 Å². The molecule has 0 saturated heterocycles. The van der Waals surface area contributed by atoms with E-state index in [2.05, 4.69) is 216 Å². The lowest BCUT2D eigenvalue weighted by atomic mass is 9.67. The minimum atomic E-state index is -0.452. The van der Waals surface area contributed by atoms with Crippen LogP contribution in [0.1, 0.15) is 53.5 Å². The Morgan fingerprint density at radius 3 is 1.89 bits per heavy atom. The number of hydrogen-bond donors (Lipinski definition) is 0. The molecular weight excluding hydrogens is 689 g/mol. The summed E-state index contributed by atoms with van der Waals surface area (Å²) in [6.45, 7) is 0. The zero-order valence-electron chi connectivity index (χ0n) is 31.9. The Balaban J connectivity index is 1.04. The molecular formula is C55H42N2. The van der Waals surface area contributed by atoms with E-state index in [1.807, 2.05) is 0 Å². The summed E-state index contributed by atoms with van der Waals surface area (Å²) in [5, 5.41) is 2.63. The summed E-state index contributed by atoms with van der Waals surface area (Å²) in [6.07, 6.45) is 15.5. The van der Waals surface area contributed by atoms with Crippen LogP contribution in [0.5, 0.6) is 0 Å². The van der Waals surface area contributed by atoms with Crippen LogP contribution in [0.4, 0.5) is 11.4 Å². The molecule has 272 valence electrons. The summed E-state index contributed by atoms with van der Waals surface area (Å²) in [5.41, 5.74) is 17.6. The molecule has 0 N–H and O–H groups in total. The molecule has 0 fully saturated rings. The largest absolute Gasteiger partial charge is 0.314 e. The molecule has 11 rings (SSSR count). The highest BCUT2D eigenvalue weighted by atomic mass is 15.1. The van der Waals surface area contributed by atoms with Crippen LogP contribution in [-0.2, 0) is 5.41 Å². The van der Waals surface area contributed by atoms with Gasteiger partial charge in [-0.2, -0.15) is 0 Å². The van der Waals surface area contributed by atoms with Gasteiger partial charge < -0.3 is 9.47 Å². The van der Waals surface area contributed by atoms with Gasteiger partial charge in [-0.25, -0.2) is 0 Å². The zero-order valence-corrected chi connectivity index (χ0v) is 31.9.